The molecule has 0 spiro atoms. The van der Waals surface area contributed by atoms with Gasteiger partial charge in [0.1, 0.15) is 17.3 Å². The van der Waals surface area contributed by atoms with Gasteiger partial charge < -0.3 is 4.74 Å². The monoisotopic (exact) mass is 871 g/mol. The third-order valence-corrected chi connectivity index (χ3v) is 12.5. The SMILES string of the molecule is C[N+]1=C=[N+](c2cc(Oc3cc4c(cc3-c3nc(-c5ccc(C(C)(C)C)cc5)nc(-c5ccc(C(C)(C)C)cc5)n3)c3cc(C(C)(C)C)ccc3n4-c3ccccn3)cc(C(C)(C)C)c2)C=C1. The molecule has 0 fully saturated rings. The van der Waals surface area contributed by atoms with E-state index in [1.54, 1.807) is 0 Å². The van der Waals surface area contributed by atoms with Crippen molar-refractivity contribution in [3.63, 3.8) is 0 Å². The van der Waals surface area contributed by atoms with E-state index < -0.39 is 0 Å². The molecule has 3 aromatic heterocycles. The molecule has 66 heavy (non-hydrogen) atoms. The quantitative estimate of drug-likeness (QED) is 0.149. The van der Waals surface area contributed by atoms with Gasteiger partial charge in [-0.2, -0.15) is 0 Å². The molecule has 0 unspecified atom stereocenters. The van der Waals surface area contributed by atoms with Gasteiger partial charge in [0.2, 0.25) is 11.9 Å². The number of fused-ring (bicyclic) bond motifs is 3. The standard InChI is InChI=1S/C58H61N7O/c1-55(2,3)39-21-17-37(18-22-39)52-60-53(38-19-23-40(24-20-38)56(4,5)6)62-54(61-52)47-34-46-45-32-41(57(7,8)9)25-26-48(45)65(51-16-14-15-27-59-51)49(46)35-50(47)66-44-31-42(58(10,11)12)30-43(33-44)64-29-28-63(13)36-64/h14-35H,1-13H3/q+2. The van der Waals surface area contributed by atoms with Crippen molar-refractivity contribution < 1.29 is 13.9 Å². The summed E-state index contributed by atoms with van der Waals surface area (Å²) >= 11 is 0. The van der Waals surface area contributed by atoms with Crippen LogP contribution in [0.3, 0.4) is 0 Å². The first-order chi connectivity index (χ1) is 31.1. The zero-order valence-electron chi connectivity index (χ0n) is 40.7. The van der Waals surface area contributed by atoms with Crippen LogP contribution >= 0.6 is 0 Å². The Bertz CT molecular complexity index is 3190. The maximum atomic E-state index is 7.27. The van der Waals surface area contributed by atoms with Crippen LogP contribution in [0.5, 0.6) is 11.5 Å². The van der Waals surface area contributed by atoms with Gasteiger partial charge in [-0.3, -0.25) is 4.57 Å². The molecule has 0 saturated carbocycles. The Morgan fingerprint density at radius 2 is 1.08 bits per heavy atom. The summed E-state index contributed by atoms with van der Waals surface area (Å²) < 4.78 is 13.4. The van der Waals surface area contributed by atoms with Crippen molar-refractivity contribution in [2.75, 3.05) is 7.05 Å². The number of pyridine rings is 1. The molecule has 1 aliphatic rings. The third-order valence-electron chi connectivity index (χ3n) is 12.5. The van der Waals surface area contributed by atoms with E-state index in [0.717, 1.165) is 55.6 Å². The van der Waals surface area contributed by atoms with Crippen LogP contribution in [0, 0.1) is 0 Å². The lowest BCUT2D eigenvalue weighted by atomic mass is 9.86. The van der Waals surface area contributed by atoms with Crippen LogP contribution in [0.25, 0.3) is 61.8 Å². The van der Waals surface area contributed by atoms with Crippen LogP contribution in [0.2, 0.25) is 0 Å². The van der Waals surface area contributed by atoms with Gasteiger partial charge in [-0.25, -0.2) is 19.9 Å². The van der Waals surface area contributed by atoms with Gasteiger partial charge in [-0.1, -0.05) is 153 Å². The van der Waals surface area contributed by atoms with E-state index in [4.69, 9.17) is 24.7 Å². The number of hydrogen-bond acceptors (Lipinski definition) is 5. The second kappa shape index (κ2) is 16.1. The van der Waals surface area contributed by atoms with Crippen molar-refractivity contribution >= 4 is 33.5 Å². The van der Waals surface area contributed by atoms with Gasteiger partial charge in [0, 0.05) is 40.2 Å². The van der Waals surface area contributed by atoms with Crippen molar-refractivity contribution in [2.45, 2.75) is 105 Å². The molecule has 9 rings (SSSR count). The lowest BCUT2D eigenvalue weighted by Crippen LogP contribution is -2.12. The van der Waals surface area contributed by atoms with Crippen molar-refractivity contribution in [3.8, 4) is 51.5 Å². The Hall–Kier alpha value is -7.02. The van der Waals surface area contributed by atoms with E-state index in [1.807, 2.05) is 46.9 Å². The lowest BCUT2D eigenvalue weighted by Gasteiger charge is -2.20. The summed E-state index contributed by atoms with van der Waals surface area (Å²) in [6, 6.07) is 44.2. The number of hydrogen-bond donors (Lipinski definition) is 0. The molecule has 0 saturated heterocycles. The topological polar surface area (TPSA) is 71.7 Å². The molecule has 8 nitrogen and oxygen atoms in total. The molecule has 0 amide bonds. The summed E-state index contributed by atoms with van der Waals surface area (Å²) in [4.78, 5) is 20.8. The summed E-state index contributed by atoms with van der Waals surface area (Å²) in [5.41, 5.74) is 10.1. The number of nitrogens with zero attached hydrogens (tertiary/aromatic N) is 7. The third kappa shape index (κ3) is 8.73. The minimum atomic E-state index is -0.171. The van der Waals surface area contributed by atoms with E-state index in [1.165, 1.54) is 16.7 Å². The number of aromatic nitrogens is 5. The lowest BCUT2D eigenvalue weighted by molar-refractivity contribution is -0.429. The van der Waals surface area contributed by atoms with Gasteiger partial charge in [0.05, 0.1) is 22.7 Å². The molecular weight excluding hydrogens is 811 g/mol. The Balaban J connectivity index is 1.35. The Morgan fingerprint density at radius 3 is 1.61 bits per heavy atom. The molecular formula is C58H61N7O+2. The molecule has 332 valence electrons. The molecule has 0 atom stereocenters. The fraction of sp³-hybridized carbons (Fsp3) is 0.293. The van der Waals surface area contributed by atoms with Crippen LogP contribution < -0.4 is 4.74 Å². The van der Waals surface area contributed by atoms with Crippen LogP contribution in [-0.2, 0) is 21.7 Å². The van der Waals surface area contributed by atoms with Gasteiger partial charge in [-0.15, -0.1) is 0 Å². The summed E-state index contributed by atoms with van der Waals surface area (Å²) in [6.45, 7) is 26.8. The first kappa shape index (κ1) is 44.2. The van der Waals surface area contributed by atoms with Crippen LogP contribution in [0.4, 0.5) is 5.69 Å². The number of ether oxygens (including phenoxy) is 1. The zero-order valence-corrected chi connectivity index (χ0v) is 40.7. The maximum Gasteiger partial charge on any atom is 0.495 e. The largest absolute Gasteiger partial charge is 0.495 e. The van der Waals surface area contributed by atoms with Gasteiger partial charge >= 0.3 is 6.01 Å². The molecule has 0 radical (unpaired) electrons. The Labute approximate surface area is 389 Å². The van der Waals surface area contributed by atoms with Gasteiger partial charge in [-0.05, 0) is 80.3 Å². The summed E-state index contributed by atoms with van der Waals surface area (Å²) in [5.74, 6) is 3.78. The first-order valence-electron chi connectivity index (χ1n) is 22.9. The highest BCUT2D eigenvalue weighted by atomic mass is 16.5. The van der Waals surface area contributed by atoms with Crippen molar-refractivity contribution in [2.24, 2.45) is 0 Å². The fourth-order valence-corrected chi connectivity index (χ4v) is 8.39. The van der Waals surface area contributed by atoms with Gasteiger partial charge in [0.25, 0.3) is 6.20 Å². The predicted octanol–water partition coefficient (Wildman–Crippen LogP) is 14.3. The van der Waals surface area contributed by atoms with Gasteiger partial charge in [0.15, 0.2) is 24.5 Å². The molecule has 0 aliphatic carbocycles. The normalized spacial score (nSPS) is 13.4. The van der Waals surface area contributed by atoms with E-state index in [9.17, 15) is 0 Å². The molecule has 5 aromatic carbocycles. The van der Waals surface area contributed by atoms with Crippen LogP contribution in [-0.4, -0.2) is 46.7 Å². The highest BCUT2D eigenvalue weighted by molar-refractivity contribution is 6.11. The Morgan fingerprint density at radius 1 is 0.515 bits per heavy atom. The highest BCUT2D eigenvalue weighted by Crippen LogP contribution is 2.44. The van der Waals surface area contributed by atoms with E-state index in [-0.39, 0.29) is 21.7 Å². The van der Waals surface area contributed by atoms with Crippen LogP contribution in [0.1, 0.15) is 105 Å². The second-order valence-electron chi connectivity index (χ2n) is 21.8. The fourth-order valence-electron chi connectivity index (χ4n) is 8.39. The smallest absolute Gasteiger partial charge is 0.456 e. The average Bonchev–Trinajstić information content (AvgIpc) is 3.85. The molecule has 1 aliphatic heterocycles. The van der Waals surface area contributed by atoms with Crippen molar-refractivity contribution in [1.29, 1.82) is 0 Å². The summed E-state index contributed by atoms with van der Waals surface area (Å²) in [6.07, 6.45) is 5.84. The van der Waals surface area contributed by atoms with Crippen LogP contribution in [0.15, 0.2) is 134 Å². The second-order valence-corrected chi connectivity index (χ2v) is 21.8. The first-order valence-corrected chi connectivity index (χ1v) is 22.9. The summed E-state index contributed by atoms with van der Waals surface area (Å²) in [7, 11) is 1.98. The molecule has 0 N–H and O–H groups in total. The zero-order chi connectivity index (χ0) is 46.9. The van der Waals surface area contributed by atoms with Crippen molar-refractivity contribution in [3.05, 3.63) is 156 Å². The van der Waals surface area contributed by atoms with E-state index in [2.05, 4.69) is 197 Å². The number of rotatable bonds is 7. The highest BCUT2D eigenvalue weighted by Gasteiger charge is 2.27. The van der Waals surface area contributed by atoms with E-state index in [0.29, 0.717) is 29.0 Å². The average molecular weight is 872 g/mol. The number of benzene rings is 5. The molecule has 8 heteroatoms. The molecule has 4 heterocycles. The molecule has 0 bridgehead atoms. The predicted molar refractivity (Wildman–Crippen MR) is 270 cm³/mol. The van der Waals surface area contributed by atoms with E-state index >= 15 is 0 Å². The minimum Gasteiger partial charge on any atom is -0.456 e. The maximum absolute atomic E-state index is 7.27. The Kier molecular flexibility index (Phi) is 10.8. The minimum absolute atomic E-state index is 0.00703. The summed E-state index contributed by atoms with van der Waals surface area (Å²) in [5, 5.41) is 2.14. The molecule has 8 aromatic rings. The van der Waals surface area contributed by atoms with Crippen molar-refractivity contribution in [1.82, 2.24) is 24.5 Å².